The maximum Gasteiger partial charge on any atom is 0.238 e. The Balaban J connectivity index is 2.73. The Kier molecular flexibility index (Phi) is 5.69. The van der Waals surface area contributed by atoms with Crippen molar-refractivity contribution in [3.05, 3.63) is 42.2 Å². The van der Waals surface area contributed by atoms with Gasteiger partial charge in [-0.05, 0) is 43.2 Å². The number of benzene rings is 1. The molecule has 0 amide bonds. The molecular formula is C17H21N3O3S. The summed E-state index contributed by atoms with van der Waals surface area (Å²) in [6.45, 7) is 4.12. The average Bonchev–Trinajstić information content (AvgIpc) is 2.54. The number of nitrogens with two attached hydrogens (primary N) is 1. The number of nitrogens with zero attached hydrogens (tertiary/aromatic N) is 1. The number of carbonyl (C=O) groups is 1. The lowest BCUT2D eigenvalue weighted by atomic mass is 10.0. The van der Waals surface area contributed by atoms with Gasteiger partial charge in [0.1, 0.15) is 0 Å². The van der Waals surface area contributed by atoms with E-state index in [2.05, 4.69) is 17.2 Å². The first-order valence-electron chi connectivity index (χ1n) is 7.70. The average molecular weight is 347 g/mol. The smallest absolute Gasteiger partial charge is 0.238 e. The SMILES string of the molecule is CCCCNc1cc(C(C)=O)cc(S(N)(=O)=O)c1-c1ccncc1. The van der Waals surface area contributed by atoms with Crippen LogP contribution in [0, 0.1) is 0 Å². The Morgan fingerprint density at radius 3 is 2.46 bits per heavy atom. The van der Waals surface area contributed by atoms with Crippen LogP contribution in [0.2, 0.25) is 0 Å². The van der Waals surface area contributed by atoms with E-state index in [0.717, 1.165) is 12.8 Å². The largest absolute Gasteiger partial charge is 0.384 e. The van der Waals surface area contributed by atoms with Crippen LogP contribution in [-0.2, 0) is 10.0 Å². The number of Topliss-reactive ketones (excluding diaryl/α,β-unsaturated/α-hetero) is 1. The van der Waals surface area contributed by atoms with Crippen molar-refractivity contribution in [2.45, 2.75) is 31.6 Å². The van der Waals surface area contributed by atoms with Gasteiger partial charge >= 0.3 is 0 Å². The number of sulfonamides is 1. The molecule has 6 nitrogen and oxygen atoms in total. The molecule has 0 radical (unpaired) electrons. The maximum absolute atomic E-state index is 12.1. The van der Waals surface area contributed by atoms with Gasteiger partial charge in [-0.25, -0.2) is 13.6 Å². The van der Waals surface area contributed by atoms with E-state index in [1.807, 2.05) is 0 Å². The number of nitrogens with one attached hydrogen (secondary N) is 1. The lowest BCUT2D eigenvalue weighted by molar-refractivity contribution is 0.101. The number of unbranched alkanes of at least 4 members (excludes halogenated alkanes) is 1. The molecule has 0 bridgehead atoms. The second kappa shape index (κ2) is 7.55. The van der Waals surface area contributed by atoms with E-state index in [0.29, 0.717) is 28.9 Å². The molecule has 1 aromatic carbocycles. The summed E-state index contributed by atoms with van der Waals surface area (Å²) in [4.78, 5) is 15.7. The fourth-order valence-corrected chi connectivity index (χ4v) is 3.20. The lowest BCUT2D eigenvalue weighted by Gasteiger charge is -2.17. The molecule has 1 aromatic heterocycles. The van der Waals surface area contributed by atoms with Gasteiger partial charge in [-0.1, -0.05) is 13.3 Å². The minimum atomic E-state index is -4.00. The van der Waals surface area contributed by atoms with Gasteiger partial charge < -0.3 is 5.32 Å². The van der Waals surface area contributed by atoms with Crippen LogP contribution in [0.3, 0.4) is 0 Å². The van der Waals surface area contributed by atoms with Crippen LogP contribution in [0.25, 0.3) is 11.1 Å². The van der Waals surface area contributed by atoms with Gasteiger partial charge in [0.2, 0.25) is 10.0 Å². The molecule has 2 aromatic rings. The molecule has 0 aliphatic rings. The molecule has 128 valence electrons. The standard InChI is InChI=1S/C17H21N3O3S/c1-3-4-7-20-15-10-14(12(2)21)11-16(24(18,22)23)17(15)13-5-8-19-9-6-13/h5-6,8-11,20H,3-4,7H2,1-2H3,(H2,18,22,23). The number of rotatable bonds is 7. The minimum absolute atomic E-state index is 0.0691. The summed E-state index contributed by atoms with van der Waals surface area (Å²) in [6, 6.07) is 6.42. The molecule has 0 atom stereocenters. The van der Waals surface area contributed by atoms with Crippen molar-refractivity contribution in [2.24, 2.45) is 5.14 Å². The normalized spacial score (nSPS) is 11.3. The third kappa shape index (κ3) is 4.18. The summed E-state index contributed by atoms with van der Waals surface area (Å²) in [5, 5.41) is 8.63. The fourth-order valence-electron chi connectivity index (χ4n) is 2.40. The van der Waals surface area contributed by atoms with Gasteiger partial charge in [0.25, 0.3) is 0 Å². The summed E-state index contributed by atoms with van der Waals surface area (Å²) in [5.74, 6) is -0.222. The molecule has 0 aliphatic heterocycles. The molecule has 0 saturated heterocycles. The highest BCUT2D eigenvalue weighted by Crippen LogP contribution is 2.35. The van der Waals surface area contributed by atoms with Crippen molar-refractivity contribution in [3.8, 4) is 11.1 Å². The highest BCUT2D eigenvalue weighted by molar-refractivity contribution is 7.89. The maximum atomic E-state index is 12.1. The van der Waals surface area contributed by atoms with Crippen LogP contribution < -0.4 is 10.5 Å². The van der Waals surface area contributed by atoms with Crippen molar-refractivity contribution in [1.82, 2.24) is 4.98 Å². The molecular weight excluding hydrogens is 326 g/mol. The first-order valence-corrected chi connectivity index (χ1v) is 9.25. The highest BCUT2D eigenvalue weighted by Gasteiger charge is 2.21. The number of anilines is 1. The van der Waals surface area contributed by atoms with Gasteiger partial charge in [0, 0.05) is 35.8 Å². The fraction of sp³-hybridized carbons (Fsp3) is 0.294. The molecule has 24 heavy (non-hydrogen) atoms. The van der Waals surface area contributed by atoms with Crippen molar-refractivity contribution in [3.63, 3.8) is 0 Å². The number of hydrogen-bond donors (Lipinski definition) is 2. The van der Waals surface area contributed by atoms with Gasteiger partial charge in [0.05, 0.1) is 4.90 Å². The van der Waals surface area contributed by atoms with Gasteiger partial charge in [-0.15, -0.1) is 0 Å². The topological polar surface area (TPSA) is 102 Å². The van der Waals surface area contributed by atoms with Crippen molar-refractivity contribution >= 4 is 21.5 Å². The summed E-state index contributed by atoms with van der Waals surface area (Å²) in [7, 11) is -4.00. The van der Waals surface area contributed by atoms with Crippen LogP contribution in [-0.4, -0.2) is 25.7 Å². The number of pyridine rings is 1. The van der Waals surface area contributed by atoms with Crippen LogP contribution >= 0.6 is 0 Å². The van der Waals surface area contributed by atoms with E-state index in [9.17, 15) is 13.2 Å². The second-order valence-corrected chi connectivity index (χ2v) is 7.04. The number of carbonyl (C=O) groups excluding carboxylic acids is 1. The predicted octanol–water partition coefficient (Wildman–Crippen LogP) is 2.81. The predicted molar refractivity (Wildman–Crippen MR) is 94.4 cm³/mol. The van der Waals surface area contributed by atoms with E-state index in [1.54, 1.807) is 30.6 Å². The third-order valence-corrected chi connectivity index (χ3v) is 4.57. The highest BCUT2D eigenvalue weighted by atomic mass is 32.2. The van der Waals surface area contributed by atoms with E-state index < -0.39 is 10.0 Å². The number of aromatic nitrogens is 1. The van der Waals surface area contributed by atoms with Gasteiger partial charge in [-0.2, -0.15) is 0 Å². The second-order valence-electron chi connectivity index (χ2n) is 5.51. The molecule has 0 spiro atoms. The van der Waals surface area contributed by atoms with Crippen LogP contribution in [0.4, 0.5) is 5.69 Å². The molecule has 7 heteroatoms. The first-order chi connectivity index (χ1) is 11.3. The molecule has 0 saturated carbocycles. The molecule has 1 heterocycles. The molecule has 0 aliphatic carbocycles. The van der Waals surface area contributed by atoms with Gasteiger partial charge in [-0.3, -0.25) is 9.78 Å². The number of primary sulfonamides is 1. The van der Waals surface area contributed by atoms with E-state index in [4.69, 9.17) is 5.14 Å². The zero-order valence-electron chi connectivity index (χ0n) is 13.7. The Morgan fingerprint density at radius 1 is 1.25 bits per heavy atom. The monoisotopic (exact) mass is 347 g/mol. The molecule has 3 N–H and O–H groups in total. The van der Waals surface area contributed by atoms with Crippen molar-refractivity contribution < 1.29 is 13.2 Å². The van der Waals surface area contributed by atoms with Crippen LogP contribution in [0.5, 0.6) is 0 Å². The quantitative estimate of drug-likeness (QED) is 0.592. The van der Waals surface area contributed by atoms with Crippen molar-refractivity contribution in [2.75, 3.05) is 11.9 Å². The summed E-state index contributed by atoms with van der Waals surface area (Å²) in [6.07, 6.45) is 5.07. The van der Waals surface area contributed by atoms with Crippen molar-refractivity contribution in [1.29, 1.82) is 0 Å². The number of ketones is 1. The molecule has 0 fully saturated rings. The van der Waals surface area contributed by atoms with Crippen LogP contribution in [0.15, 0.2) is 41.6 Å². The summed E-state index contributed by atoms with van der Waals surface area (Å²) >= 11 is 0. The number of hydrogen-bond acceptors (Lipinski definition) is 5. The summed E-state index contributed by atoms with van der Waals surface area (Å²) in [5.41, 5.74) is 2.01. The third-order valence-electron chi connectivity index (χ3n) is 3.63. The van der Waals surface area contributed by atoms with E-state index in [-0.39, 0.29) is 10.7 Å². The van der Waals surface area contributed by atoms with E-state index in [1.165, 1.54) is 13.0 Å². The Hall–Kier alpha value is -2.25. The van der Waals surface area contributed by atoms with Gasteiger partial charge in [0.15, 0.2) is 5.78 Å². The zero-order valence-corrected chi connectivity index (χ0v) is 14.6. The Labute approximate surface area is 142 Å². The molecule has 2 rings (SSSR count). The Morgan fingerprint density at radius 2 is 1.92 bits per heavy atom. The van der Waals surface area contributed by atoms with E-state index >= 15 is 0 Å². The van der Waals surface area contributed by atoms with Crippen LogP contribution in [0.1, 0.15) is 37.0 Å². The Bertz CT molecular complexity index is 834. The first kappa shape index (κ1) is 18.1. The summed E-state index contributed by atoms with van der Waals surface area (Å²) < 4.78 is 24.2. The molecule has 0 unspecified atom stereocenters. The zero-order chi connectivity index (χ0) is 17.7. The minimum Gasteiger partial charge on any atom is -0.384 e. The lowest BCUT2D eigenvalue weighted by Crippen LogP contribution is -2.16.